The van der Waals surface area contributed by atoms with Crippen molar-refractivity contribution in [3.05, 3.63) is 34.9 Å². The van der Waals surface area contributed by atoms with E-state index in [0.29, 0.717) is 18.0 Å². The molecule has 0 aromatic heterocycles. The first-order chi connectivity index (χ1) is 8.00. The minimum atomic E-state index is -0.595. The fraction of sp³-hybridized carbons (Fsp3) is 0.538. The molecule has 0 spiro atoms. The molecule has 0 aliphatic carbocycles. The van der Waals surface area contributed by atoms with Crippen LogP contribution < -0.4 is 0 Å². The standard InChI is InChI=1S/C13H20ClNO2/c1-10(16)7-8-15(2)9-13(17)11-5-3-4-6-12(11)14/h3-6,10,13,16-17H,7-9H2,1-2H3. The lowest BCUT2D eigenvalue weighted by atomic mass is 10.1. The third-order valence-electron chi connectivity index (χ3n) is 2.68. The lowest BCUT2D eigenvalue weighted by Gasteiger charge is -2.21. The zero-order valence-corrected chi connectivity index (χ0v) is 11.1. The predicted molar refractivity (Wildman–Crippen MR) is 70.2 cm³/mol. The fourth-order valence-electron chi connectivity index (χ4n) is 1.64. The zero-order valence-electron chi connectivity index (χ0n) is 10.3. The minimum Gasteiger partial charge on any atom is -0.393 e. The fourth-order valence-corrected chi connectivity index (χ4v) is 1.90. The average Bonchev–Trinajstić information content (AvgIpc) is 2.26. The molecule has 0 amide bonds. The molecule has 0 radical (unpaired) electrons. The minimum absolute atomic E-state index is 0.310. The maximum absolute atomic E-state index is 10.0. The van der Waals surface area contributed by atoms with Crippen LogP contribution in [0.25, 0.3) is 0 Å². The van der Waals surface area contributed by atoms with E-state index in [1.165, 1.54) is 0 Å². The molecule has 0 saturated heterocycles. The van der Waals surface area contributed by atoms with Crippen LogP contribution in [0.3, 0.4) is 0 Å². The molecular formula is C13H20ClNO2. The summed E-state index contributed by atoms with van der Waals surface area (Å²) in [5.41, 5.74) is 0.748. The molecule has 1 aromatic carbocycles. The number of halogens is 1. The highest BCUT2D eigenvalue weighted by Gasteiger charge is 2.13. The van der Waals surface area contributed by atoms with Crippen LogP contribution in [0.4, 0.5) is 0 Å². The highest BCUT2D eigenvalue weighted by molar-refractivity contribution is 6.31. The molecule has 17 heavy (non-hydrogen) atoms. The Morgan fingerprint density at radius 3 is 2.53 bits per heavy atom. The van der Waals surface area contributed by atoms with Crippen molar-refractivity contribution in [1.29, 1.82) is 0 Å². The topological polar surface area (TPSA) is 43.7 Å². The molecule has 2 N–H and O–H groups in total. The largest absolute Gasteiger partial charge is 0.393 e. The van der Waals surface area contributed by atoms with Crippen molar-refractivity contribution in [2.45, 2.75) is 25.6 Å². The van der Waals surface area contributed by atoms with Gasteiger partial charge in [0, 0.05) is 23.7 Å². The molecule has 0 saturated carbocycles. The van der Waals surface area contributed by atoms with Crippen molar-refractivity contribution in [3.63, 3.8) is 0 Å². The van der Waals surface area contributed by atoms with Gasteiger partial charge in [-0.1, -0.05) is 29.8 Å². The van der Waals surface area contributed by atoms with Crippen molar-refractivity contribution in [1.82, 2.24) is 4.90 Å². The molecule has 4 heteroatoms. The van der Waals surface area contributed by atoms with E-state index in [-0.39, 0.29) is 6.10 Å². The molecule has 0 heterocycles. The summed E-state index contributed by atoms with van der Waals surface area (Å²) >= 11 is 6.01. The smallest absolute Gasteiger partial charge is 0.0931 e. The molecule has 96 valence electrons. The number of rotatable bonds is 6. The van der Waals surface area contributed by atoms with Gasteiger partial charge >= 0.3 is 0 Å². The van der Waals surface area contributed by atoms with Gasteiger partial charge in [0.25, 0.3) is 0 Å². The van der Waals surface area contributed by atoms with Gasteiger partial charge in [-0.25, -0.2) is 0 Å². The van der Waals surface area contributed by atoms with Gasteiger partial charge in [-0.2, -0.15) is 0 Å². The summed E-state index contributed by atoms with van der Waals surface area (Å²) in [5.74, 6) is 0. The second kappa shape index (κ2) is 6.97. The highest BCUT2D eigenvalue weighted by Crippen LogP contribution is 2.22. The second-order valence-corrected chi connectivity index (χ2v) is 4.84. The zero-order chi connectivity index (χ0) is 12.8. The number of likely N-dealkylation sites (N-methyl/N-ethyl adjacent to an activating group) is 1. The van der Waals surface area contributed by atoms with Gasteiger partial charge in [0.15, 0.2) is 0 Å². The number of hydrogen-bond acceptors (Lipinski definition) is 3. The summed E-state index contributed by atoms with van der Waals surface area (Å²) in [6.07, 6.45) is -0.205. The third kappa shape index (κ3) is 5.04. The van der Waals surface area contributed by atoms with E-state index in [9.17, 15) is 10.2 Å². The van der Waals surface area contributed by atoms with Crippen LogP contribution in [0.15, 0.2) is 24.3 Å². The summed E-state index contributed by atoms with van der Waals surface area (Å²) in [4.78, 5) is 1.99. The molecule has 1 aromatic rings. The molecule has 2 atom stereocenters. The molecule has 0 fully saturated rings. The van der Waals surface area contributed by atoms with E-state index in [4.69, 9.17) is 11.6 Å². The van der Waals surface area contributed by atoms with Crippen molar-refractivity contribution in [2.75, 3.05) is 20.1 Å². The molecular weight excluding hydrogens is 238 g/mol. The second-order valence-electron chi connectivity index (χ2n) is 4.44. The Balaban J connectivity index is 2.49. The van der Waals surface area contributed by atoms with Gasteiger partial charge in [-0.15, -0.1) is 0 Å². The summed E-state index contributed by atoms with van der Waals surface area (Å²) < 4.78 is 0. The average molecular weight is 258 g/mol. The van der Waals surface area contributed by atoms with Gasteiger partial charge < -0.3 is 15.1 Å². The summed E-state index contributed by atoms with van der Waals surface area (Å²) in [6.45, 7) is 3.02. The Labute approximate surface area is 108 Å². The van der Waals surface area contributed by atoms with Gasteiger partial charge in [0.05, 0.1) is 12.2 Å². The van der Waals surface area contributed by atoms with Crippen molar-refractivity contribution in [3.8, 4) is 0 Å². The van der Waals surface area contributed by atoms with E-state index in [1.807, 2.05) is 30.1 Å². The van der Waals surface area contributed by atoms with Gasteiger partial charge in [-0.05, 0) is 26.5 Å². The summed E-state index contributed by atoms with van der Waals surface area (Å²) in [7, 11) is 1.92. The maximum atomic E-state index is 10.0. The number of hydrogen-bond donors (Lipinski definition) is 2. The van der Waals surface area contributed by atoms with Crippen LogP contribution in [-0.2, 0) is 0 Å². The number of aliphatic hydroxyl groups is 2. The van der Waals surface area contributed by atoms with Gasteiger partial charge in [0.1, 0.15) is 0 Å². The first-order valence-corrected chi connectivity index (χ1v) is 6.17. The summed E-state index contributed by atoms with van der Waals surface area (Å²) in [6, 6.07) is 7.31. The quantitative estimate of drug-likeness (QED) is 0.820. The van der Waals surface area contributed by atoms with Crippen LogP contribution in [0, 0.1) is 0 Å². The van der Waals surface area contributed by atoms with E-state index < -0.39 is 6.10 Å². The highest BCUT2D eigenvalue weighted by atomic mass is 35.5. The van der Waals surface area contributed by atoms with E-state index in [0.717, 1.165) is 12.1 Å². The Morgan fingerprint density at radius 1 is 1.29 bits per heavy atom. The number of benzene rings is 1. The monoisotopic (exact) mass is 257 g/mol. The number of aliphatic hydroxyl groups excluding tert-OH is 2. The SMILES string of the molecule is CC(O)CCN(C)CC(O)c1ccccc1Cl. The van der Waals surface area contributed by atoms with Crippen molar-refractivity contribution >= 4 is 11.6 Å². The lowest BCUT2D eigenvalue weighted by Crippen LogP contribution is -2.27. The summed E-state index contributed by atoms with van der Waals surface area (Å²) in [5, 5.41) is 19.8. The molecule has 3 nitrogen and oxygen atoms in total. The van der Waals surface area contributed by atoms with Gasteiger partial charge in [0.2, 0.25) is 0 Å². The van der Waals surface area contributed by atoms with Gasteiger partial charge in [-0.3, -0.25) is 0 Å². The molecule has 0 aliphatic rings. The maximum Gasteiger partial charge on any atom is 0.0931 e. The predicted octanol–water partition coefficient (Wildman–Crippen LogP) is 2.08. The first-order valence-electron chi connectivity index (χ1n) is 5.79. The Morgan fingerprint density at radius 2 is 1.94 bits per heavy atom. The molecule has 0 bridgehead atoms. The van der Waals surface area contributed by atoms with Crippen LogP contribution in [0.5, 0.6) is 0 Å². The van der Waals surface area contributed by atoms with Crippen LogP contribution in [-0.4, -0.2) is 41.4 Å². The molecule has 1 rings (SSSR count). The third-order valence-corrected chi connectivity index (χ3v) is 3.02. The Bertz CT molecular complexity index is 344. The van der Waals surface area contributed by atoms with Crippen molar-refractivity contribution in [2.24, 2.45) is 0 Å². The van der Waals surface area contributed by atoms with E-state index in [2.05, 4.69) is 0 Å². The van der Waals surface area contributed by atoms with E-state index >= 15 is 0 Å². The number of nitrogens with zero attached hydrogens (tertiary/aromatic N) is 1. The molecule has 0 aliphatic heterocycles. The van der Waals surface area contributed by atoms with E-state index in [1.54, 1.807) is 13.0 Å². The Hall–Kier alpha value is -0.610. The Kier molecular flexibility index (Phi) is 5.92. The first kappa shape index (κ1) is 14.5. The molecule has 2 unspecified atom stereocenters. The van der Waals surface area contributed by atoms with Crippen LogP contribution >= 0.6 is 11.6 Å². The lowest BCUT2D eigenvalue weighted by molar-refractivity contribution is 0.111. The normalized spacial score (nSPS) is 14.9. The van der Waals surface area contributed by atoms with Crippen molar-refractivity contribution < 1.29 is 10.2 Å². The van der Waals surface area contributed by atoms with Crippen LogP contribution in [0.2, 0.25) is 5.02 Å². The van der Waals surface area contributed by atoms with Crippen LogP contribution in [0.1, 0.15) is 25.0 Å².